The predicted molar refractivity (Wildman–Crippen MR) is 70.1 cm³/mol. The minimum absolute atomic E-state index is 0.290. The average Bonchev–Trinajstić information content (AvgIpc) is 2.28. The van der Waals surface area contributed by atoms with Gasteiger partial charge in [0.15, 0.2) is 0 Å². The smallest absolute Gasteiger partial charge is 0.237 e. The Kier molecular flexibility index (Phi) is 5.90. The van der Waals surface area contributed by atoms with Gasteiger partial charge >= 0.3 is 0 Å². The van der Waals surface area contributed by atoms with E-state index in [0.717, 1.165) is 39.3 Å². The van der Waals surface area contributed by atoms with Crippen molar-refractivity contribution in [2.24, 2.45) is 0 Å². The van der Waals surface area contributed by atoms with Crippen LogP contribution in [0.1, 0.15) is 20.8 Å². The minimum atomic E-state index is 0.290. The second-order valence-corrected chi connectivity index (χ2v) is 5.49. The van der Waals surface area contributed by atoms with Crippen LogP contribution >= 0.6 is 0 Å². The maximum absolute atomic E-state index is 6.64. The molecule has 0 bridgehead atoms. The second kappa shape index (κ2) is 6.95. The summed E-state index contributed by atoms with van der Waals surface area (Å²) in [6, 6.07) is 0. The fourth-order valence-corrected chi connectivity index (χ4v) is 2.05. The summed E-state index contributed by atoms with van der Waals surface area (Å²) >= 11 is 0. The van der Waals surface area contributed by atoms with Crippen LogP contribution < -0.4 is 0 Å². The van der Waals surface area contributed by atoms with Crippen LogP contribution in [0.2, 0.25) is 0 Å². The number of hydrogen-bond acceptors (Lipinski definition) is 3. The fourth-order valence-electron chi connectivity index (χ4n) is 2.05. The van der Waals surface area contributed by atoms with Crippen LogP contribution in [0.3, 0.4) is 0 Å². The largest absolute Gasteiger partial charge is 0.372 e. The number of rotatable bonds is 5. The van der Waals surface area contributed by atoms with Crippen LogP contribution in [-0.4, -0.2) is 67.8 Å². The van der Waals surface area contributed by atoms with E-state index in [1.54, 1.807) is 0 Å². The molecule has 4 nitrogen and oxygen atoms in total. The van der Waals surface area contributed by atoms with E-state index in [1.165, 1.54) is 0 Å². The van der Waals surface area contributed by atoms with Gasteiger partial charge in [0.25, 0.3) is 0 Å². The van der Waals surface area contributed by atoms with Crippen molar-refractivity contribution in [3.8, 4) is 0 Å². The Morgan fingerprint density at radius 3 is 2.29 bits per heavy atom. The molecule has 0 amide bonds. The summed E-state index contributed by atoms with van der Waals surface area (Å²) < 4.78 is 5.40. The molecule has 0 atom stereocenters. The molecule has 0 saturated carbocycles. The molecule has 4 heteroatoms. The summed E-state index contributed by atoms with van der Waals surface area (Å²) in [6.45, 7) is 20.8. The first-order chi connectivity index (χ1) is 8.04. The topological polar surface area (TPSA) is 20.1 Å². The third-order valence-electron chi connectivity index (χ3n) is 3.22. The molecule has 0 aromatic heterocycles. The van der Waals surface area contributed by atoms with E-state index in [9.17, 15) is 0 Å². The highest BCUT2D eigenvalue weighted by Gasteiger charge is 2.25. The lowest BCUT2D eigenvalue weighted by molar-refractivity contribution is 0.0434. The molecular formula is C13H25N3O. The van der Waals surface area contributed by atoms with E-state index < -0.39 is 0 Å². The number of hydrogen-bond donors (Lipinski definition) is 0. The molecule has 1 heterocycles. The third-order valence-corrected chi connectivity index (χ3v) is 3.22. The first-order valence-corrected chi connectivity index (χ1v) is 6.42. The Morgan fingerprint density at radius 2 is 1.76 bits per heavy atom. The molecule has 0 aromatic carbocycles. The van der Waals surface area contributed by atoms with Crippen LogP contribution in [-0.2, 0) is 4.74 Å². The van der Waals surface area contributed by atoms with Crippen molar-refractivity contribution < 1.29 is 4.74 Å². The molecule has 0 aromatic rings. The molecule has 1 aliphatic rings. The molecular weight excluding hydrogens is 214 g/mol. The summed E-state index contributed by atoms with van der Waals surface area (Å²) in [5.74, 6) is 0. The van der Waals surface area contributed by atoms with Crippen molar-refractivity contribution in [2.45, 2.75) is 26.3 Å². The van der Waals surface area contributed by atoms with Crippen LogP contribution in [0.25, 0.3) is 4.85 Å². The normalized spacial score (nSPS) is 19.2. The zero-order valence-corrected chi connectivity index (χ0v) is 11.4. The Balaban J connectivity index is 2.09. The summed E-state index contributed by atoms with van der Waals surface area (Å²) in [5.41, 5.74) is 0.290. The van der Waals surface area contributed by atoms with Crippen molar-refractivity contribution >= 4 is 0 Å². The maximum Gasteiger partial charge on any atom is 0.237 e. The van der Waals surface area contributed by atoms with Gasteiger partial charge in [-0.3, -0.25) is 9.80 Å². The molecule has 1 aliphatic heterocycles. The SMILES string of the molecule is [C-]#[N+]CCOCCN1CCN(C(C)(C)C)CC1. The zero-order chi connectivity index (χ0) is 12.7. The van der Waals surface area contributed by atoms with E-state index in [0.29, 0.717) is 13.2 Å². The summed E-state index contributed by atoms with van der Waals surface area (Å²) in [6.07, 6.45) is 0. The van der Waals surface area contributed by atoms with Crippen LogP contribution in [0.15, 0.2) is 0 Å². The summed E-state index contributed by atoms with van der Waals surface area (Å²) in [5, 5.41) is 0. The van der Waals surface area contributed by atoms with E-state index in [2.05, 4.69) is 35.4 Å². The van der Waals surface area contributed by atoms with Gasteiger partial charge in [0.2, 0.25) is 6.54 Å². The lowest BCUT2D eigenvalue weighted by Crippen LogP contribution is -2.53. The van der Waals surface area contributed by atoms with E-state index >= 15 is 0 Å². The Bertz CT molecular complexity index is 246. The van der Waals surface area contributed by atoms with Gasteiger partial charge in [-0.2, -0.15) is 0 Å². The lowest BCUT2D eigenvalue weighted by Gasteiger charge is -2.42. The Hall–Kier alpha value is -0.630. The van der Waals surface area contributed by atoms with E-state index in [1.807, 2.05) is 0 Å². The van der Waals surface area contributed by atoms with Gasteiger partial charge in [0.1, 0.15) is 6.61 Å². The molecule has 1 saturated heterocycles. The molecule has 1 fully saturated rings. The van der Waals surface area contributed by atoms with Crippen molar-refractivity contribution in [1.82, 2.24) is 9.80 Å². The molecule has 98 valence electrons. The summed E-state index contributed by atoms with van der Waals surface area (Å²) in [4.78, 5) is 8.24. The van der Waals surface area contributed by atoms with Crippen molar-refractivity contribution in [1.29, 1.82) is 0 Å². The molecule has 17 heavy (non-hydrogen) atoms. The number of ether oxygens (including phenoxy) is 1. The average molecular weight is 239 g/mol. The van der Waals surface area contributed by atoms with Crippen molar-refractivity contribution in [2.75, 3.05) is 52.5 Å². The quantitative estimate of drug-likeness (QED) is 0.533. The number of piperazine rings is 1. The van der Waals surface area contributed by atoms with Gasteiger partial charge in [0.05, 0.1) is 6.61 Å². The highest BCUT2D eigenvalue weighted by molar-refractivity contribution is 4.81. The van der Waals surface area contributed by atoms with Gasteiger partial charge in [0, 0.05) is 38.3 Å². The van der Waals surface area contributed by atoms with Crippen LogP contribution in [0.5, 0.6) is 0 Å². The second-order valence-electron chi connectivity index (χ2n) is 5.49. The monoisotopic (exact) mass is 239 g/mol. The van der Waals surface area contributed by atoms with E-state index in [-0.39, 0.29) is 5.54 Å². The molecule has 0 N–H and O–H groups in total. The van der Waals surface area contributed by atoms with Gasteiger partial charge in [-0.25, -0.2) is 6.57 Å². The Morgan fingerprint density at radius 1 is 1.12 bits per heavy atom. The fraction of sp³-hybridized carbons (Fsp3) is 0.923. The number of nitrogens with zero attached hydrogens (tertiary/aromatic N) is 3. The minimum Gasteiger partial charge on any atom is -0.372 e. The van der Waals surface area contributed by atoms with Crippen LogP contribution in [0.4, 0.5) is 0 Å². The molecule has 0 aliphatic carbocycles. The molecule has 1 rings (SSSR count). The zero-order valence-electron chi connectivity index (χ0n) is 11.4. The highest BCUT2D eigenvalue weighted by Crippen LogP contribution is 2.15. The third kappa shape index (κ3) is 5.49. The van der Waals surface area contributed by atoms with Crippen molar-refractivity contribution in [3.05, 3.63) is 11.4 Å². The lowest BCUT2D eigenvalue weighted by atomic mass is 10.1. The highest BCUT2D eigenvalue weighted by atomic mass is 16.5. The predicted octanol–water partition coefficient (Wildman–Crippen LogP) is 1.34. The molecule has 0 unspecified atom stereocenters. The van der Waals surface area contributed by atoms with Gasteiger partial charge in [-0.05, 0) is 20.8 Å². The molecule has 0 spiro atoms. The van der Waals surface area contributed by atoms with Gasteiger partial charge in [-0.1, -0.05) is 0 Å². The first-order valence-electron chi connectivity index (χ1n) is 6.42. The molecule has 0 radical (unpaired) electrons. The summed E-state index contributed by atoms with van der Waals surface area (Å²) in [7, 11) is 0. The Labute approximate surface area is 105 Å². The van der Waals surface area contributed by atoms with Gasteiger partial charge < -0.3 is 9.58 Å². The van der Waals surface area contributed by atoms with Crippen molar-refractivity contribution in [3.63, 3.8) is 0 Å². The van der Waals surface area contributed by atoms with E-state index in [4.69, 9.17) is 11.3 Å². The standard InChI is InChI=1S/C13H25N3O/c1-13(2,3)16-8-6-15(7-9-16)10-12-17-11-5-14-4/h5-12H2,1-3H3. The first kappa shape index (κ1) is 14.4. The maximum atomic E-state index is 6.64. The van der Waals surface area contributed by atoms with Crippen LogP contribution in [0, 0.1) is 6.57 Å². The van der Waals surface area contributed by atoms with Gasteiger partial charge in [-0.15, -0.1) is 0 Å².